The SMILES string of the molecule is COc1cc(/C=C2/C(=O)N(c3ccccc3)N=C2C)cc(Cl)c1OCCCOc1ccc(Cl)cc1. The standard InChI is InChI=1S/C27H24Cl2N2O4/c1-18-23(27(32)31(30-18)21-7-4-3-5-8-21)15-19-16-24(29)26(25(17-19)33-2)35-14-6-13-34-22-11-9-20(28)10-12-22/h3-5,7-12,15-17H,6,13-14H2,1-2H3/b23-15+. The molecule has 6 nitrogen and oxygen atoms in total. The molecule has 0 aliphatic carbocycles. The summed E-state index contributed by atoms with van der Waals surface area (Å²) in [4.78, 5) is 13.0. The summed E-state index contributed by atoms with van der Waals surface area (Å²) >= 11 is 12.4. The largest absolute Gasteiger partial charge is 0.493 e. The van der Waals surface area contributed by atoms with E-state index in [4.69, 9.17) is 37.4 Å². The van der Waals surface area contributed by atoms with Gasteiger partial charge in [0.25, 0.3) is 5.91 Å². The van der Waals surface area contributed by atoms with Gasteiger partial charge in [-0.1, -0.05) is 41.4 Å². The zero-order chi connectivity index (χ0) is 24.8. The molecule has 4 rings (SSSR count). The first kappa shape index (κ1) is 24.6. The van der Waals surface area contributed by atoms with Crippen LogP contribution >= 0.6 is 23.2 Å². The highest BCUT2D eigenvalue weighted by atomic mass is 35.5. The van der Waals surface area contributed by atoms with Gasteiger partial charge in [0, 0.05) is 11.4 Å². The lowest BCUT2D eigenvalue weighted by Crippen LogP contribution is -2.21. The van der Waals surface area contributed by atoms with Crippen molar-refractivity contribution in [1.82, 2.24) is 0 Å². The molecule has 0 aromatic heterocycles. The number of methoxy groups -OCH3 is 1. The van der Waals surface area contributed by atoms with Crippen molar-refractivity contribution in [3.8, 4) is 17.2 Å². The number of nitrogens with zero attached hydrogens (tertiary/aromatic N) is 2. The summed E-state index contributed by atoms with van der Waals surface area (Å²) < 4.78 is 17.1. The van der Waals surface area contributed by atoms with Crippen molar-refractivity contribution < 1.29 is 19.0 Å². The van der Waals surface area contributed by atoms with Crippen molar-refractivity contribution in [3.05, 3.63) is 87.9 Å². The Balaban J connectivity index is 1.42. The van der Waals surface area contributed by atoms with Crippen LogP contribution in [-0.2, 0) is 4.79 Å². The van der Waals surface area contributed by atoms with Crippen molar-refractivity contribution in [2.75, 3.05) is 25.3 Å². The van der Waals surface area contributed by atoms with Crippen LogP contribution in [0, 0.1) is 0 Å². The normalized spacial score (nSPS) is 14.3. The lowest BCUT2D eigenvalue weighted by atomic mass is 10.1. The monoisotopic (exact) mass is 510 g/mol. The van der Waals surface area contributed by atoms with Gasteiger partial charge in [-0.2, -0.15) is 10.1 Å². The predicted octanol–water partition coefficient (Wildman–Crippen LogP) is 6.66. The van der Waals surface area contributed by atoms with Crippen LogP contribution in [0.25, 0.3) is 6.08 Å². The van der Waals surface area contributed by atoms with Gasteiger partial charge < -0.3 is 14.2 Å². The van der Waals surface area contributed by atoms with Gasteiger partial charge in [-0.15, -0.1) is 0 Å². The zero-order valence-corrected chi connectivity index (χ0v) is 20.8. The minimum atomic E-state index is -0.204. The van der Waals surface area contributed by atoms with Gasteiger partial charge in [0.2, 0.25) is 0 Å². The van der Waals surface area contributed by atoms with E-state index in [1.165, 1.54) is 5.01 Å². The van der Waals surface area contributed by atoms with Gasteiger partial charge in [0.1, 0.15) is 5.75 Å². The molecule has 3 aromatic carbocycles. The molecule has 0 unspecified atom stereocenters. The Labute approximate surface area is 214 Å². The number of amides is 1. The maximum Gasteiger partial charge on any atom is 0.280 e. The molecule has 0 bridgehead atoms. The number of benzene rings is 3. The van der Waals surface area contributed by atoms with Crippen LogP contribution in [0.4, 0.5) is 5.69 Å². The number of hydrazone groups is 1. The number of hydrogen-bond acceptors (Lipinski definition) is 5. The molecule has 0 saturated carbocycles. The molecule has 0 atom stereocenters. The minimum absolute atomic E-state index is 0.204. The van der Waals surface area contributed by atoms with E-state index in [2.05, 4.69) is 5.10 Å². The lowest BCUT2D eigenvalue weighted by Gasteiger charge is -2.14. The number of carbonyl (C=O) groups excluding carboxylic acids is 1. The number of carbonyl (C=O) groups is 1. The molecule has 0 radical (unpaired) electrons. The van der Waals surface area contributed by atoms with E-state index >= 15 is 0 Å². The molecule has 0 fully saturated rings. The summed E-state index contributed by atoms with van der Waals surface area (Å²) in [5.41, 5.74) is 2.52. The molecule has 0 saturated heterocycles. The first-order chi connectivity index (χ1) is 17.0. The van der Waals surface area contributed by atoms with Crippen LogP contribution in [0.1, 0.15) is 18.9 Å². The maximum absolute atomic E-state index is 13.0. The van der Waals surface area contributed by atoms with Crippen LogP contribution in [0.3, 0.4) is 0 Å². The Morgan fingerprint density at radius 3 is 2.40 bits per heavy atom. The lowest BCUT2D eigenvalue weighted by molar-refractivity contribution is -0.114. The van der Waals surface area contributed by atoms with E-state index in [9.17, 15) is 4.79 Å². The number of halogens is 2. The molecule has 1 amide bonds. The average Bonchev–Trinajstić information content (AvgIpc) is 3.14. The van der Waals surface area contributed by atoms with E-state index < -0.39 is 0 Å². The van der Waals surface area contributed by atoms with Crippen molar-refractivity contribution in [3.63, 3.8) is 0 Å². The third-order valence-electron chi connectivity index (χ3n) is 5.24. The zero-order valence-electron chi connectivity index (χ0n) is 19.3. The van der Waals surface area contributed by atoms with Crippen LogP contribution in [0.2, 0.25) is 10.0 Å². The van der Waals surface area contributed by atoms with Crippen LogP contribution in [0.5, 0.6) is 17.2 Å². The molecule has 3 aromatic rings. The van der Waals surface area contributed by atoms with Crippen LogP contribution in [-0.4, -0.2) is 31.9 Å². The molecule has 0 N–H and O–H groups in total. The van der Waals surface area contributed by atoms with Gasteiger partial charge in [0.15, 0.2) is 11.5 Å². The third kappa shape index (κ3) is 5.96. The van der Waals surface area contributed by atoms with E-state index in [1.807, 2.05) is 42.5 Å². The second-order valence-corrected chi connectivity index (χ2v) is 8.58. The van der Waals surface area contributed by atoms with Gasteiger partial charge in [-0.3, -0.25) is 4.79 Å². The number of para-hydroxylation sites is 1. The van der Waals surface area contributed by atoms with Crippen molar-refractivity contribution in [1.29, 1.82) is 0 Å². The Hall–Kier alpha value is -3.48. The molecule has 180 valence electrons. The van der Waals surface area contributed by atoms with Crippen LogP contribution < -0.4 is 19.2 Å². The summed E-state index contributed by atoms with van der Waals surface area (Å²) in [6.07, 6.45) is 2.40. The molecule has 1 aliphatic heterocycles. The topological polar surface area (TPSA) is 60.4 Å². The molecule has 8 heteroatoms. The maximum atomic E-state index is 13.0. The fourth-order valence-corrected chi connectivity index (χ4v) is 3.91. The van der Waals surface area contributed by atoms with E-state index in [0.717, 1.165) is 5.75 Å². The molecular formula is C27H24Cl2N2O4. The molecule has 1 heterocycles. The van der Waals surface area contributed by atoms with E-state index in [1.54, 1.807) is 44.4 Å². The molecule has 1 aliphatic rings. The van der Waals surface area contributed by atoms with Gasteiger partial charge in [0.05, 0.1) is 42.3 Å². The fraction of sp³-hybridized carbons (Fsp3) is 0.185. The second kappa shape index (κ2) is 11.3. The summed E-state index contributed by atoms with van der Waals surface area (Å²) in [5, 5.41) is 6.85. The van der Waals surface area contributed by atoms with Crippen molar-refractivity contribution >= 4 is 46.6 Å². The van der Waals surface area contributed by atoms with Crippen molar-refractivity contribution in [2.24, 2.45) is 5.10 Å². The molecule has 35 heavy (non-hydrogen) atoms. The first-order valence-corrected chi connectivity index (χ1v) is 11.8. The van der Waals surface area contributed by atoms with Gasteiger partial charge >= 0.3 is 0 Å². The van der Waals surface area contributed by atoms with Crippen molar-refractivity contribution in [2.45, 2.75) is 13.3 Å². The number of anilines is 1. The predicted molar refractivity (Wildman–Crippen MR) is 140 cm³/mol. The summed E-state index contributed by atoms with van der Waals surface area (Å²) in [7, 11) is 1.55. The van der Waals surface area contributed by atoms with E-state index in [-0.39, 0.29) is 5.91 Å². The molecular weight excluding hydrogens is 487 g/mol. The third-order valence-corrected chi connectivity index (χ3v) is 5.78. The smallest absolute Gasteiger partial charge is 0.280 e. The number of ether oxygens (including phenoxy) is 3. The van der Waals surface area contributed by atoms with E-state index in [0.29, 0.717) is 63.7 Å². The fourth-order valence-electron chi connectivity index (χ4n) is 3.51. The number of hydrogen-bond donors (Lipinski definition) is 0. The molecule has 0 spiro atoms. The minimum Gasteiger partial charge on any atom is -0.493 e. The highest BCUT2D eigenvalue weighted by molar-refractivity contribution is 6.33. The average molecular weight is 511 g/mol. The first-order valence-electron chi connectivity index (χ1n) is 11.0. The quantitative estimate of drug-likeness (QED) is 0.238. The summed E-state index contributed by atoms with van der Waals surface area (Å²) in [6.45, 7) is 2.67. The highest BCUT2D eigenvalue weighted by Crippen LogP contribution is 2.37. The van der Waals surface area contributed by atoms with Crippen LogP contribution in [0.15, 0.2) is 77.4 Å². The van der Waals surface area contributed by atoms with Gasteiger partial charge in [-0.25, -0.2) is 0 Å². The Kier molecular flexibility index (Phi) is 7.95. The highest BCUT2D eigenvalue weighted by Gasteiger charge is 2.28. The summed E-state index contributed by atoms with van der Waals surface area (Å²) in [6, 6.07) is 20.0. The Bertz CT molecular complexity index is 1260. The Morgan fingerprint density at radius 1 is 0.971 bits per heavy atom. The Morgan fingerprint density at radius 2 is 1.69 bits per heavy atom. The number of rotatable bonds is 9. The van der Waals surface area contributed by atoms with Gasteiger partial charge in [-0.05, 0) is 67.1 Å². The summed E-state index contributed by atoms with van der Waals surface area (Å²) in [5.74, 6) is 1.46. The second-order valence-electron chi connectivity index (χ2n) is 7.73.